The van der Waals surface area contributed by atoms with Gasteiger partial charge in [0.15, 0.2) is 0 Å². The molecule has 1 rings (SSSR count). The fraction of sp³-hybridized carbons (Fsp3) is 0.500. The average Bonchev–Trinajstić information content (AvgIpc) is 2.44. The van der Waals surface area contributed by atoms with Crippen molar-refractivity contribution in [2.45, 2.75) is 0 Å². The summed E-state index contributed by atoms with van der Waals surface area (Å²) in [5.74, 6) is 2.15. The van der Waals surface area contributed by atoms with Gasteiger partial charge in [-0.05, 0) is 0 Å². The molecule has 0 atom stereocenters. The summed E-state index contributed by atoms with van der Waals surface area (Å²) in [5.41, 5.74) is 2.33. The molecule has 0 bridgehead atoms. The summed E-state index contributed by atoms with van der Waals surface area (Å²) in [6.07, 6.45) is -0.840. The predicted molar refractivity (Wildman–Crippen MR) is 104 cm³/mol. The number of hydrogen-bond donors (Lipinski definition) is 0. The topological polar surface area (TPSA) is 13.0 Å². The molecule has 0 heterocycles. The molecule has 1 aromatic rings. The van der Waals surface area contributed by atoms with Crippen LogP contribution in [0.2, 0.25) is 0 Å². The fourth-order valence-electron chi connectivity index (χ4n) is 2.57. The van der Waals surface area contributed by atoms with E-state index < -0.39 is 6.41 Å². The van der Waals surface area contributed by atoms with Gasteiger partial charge in [0.1, 0.15) is 0 Å². The van der Waals surface area contributed by atoms with Gasteiger partial charge in [-0.3, -0.25) is 0 Å². The van der Waals surface area contributed by atoms with Crippen molar-refractivity contribution in [1.29, 1.82) is 0 Å². The van der Waals surface area contributed by atoms with E-state index in [1.807, 2.05) is 56.4 Å². The van der Waals surface area contributed by atoms with Gasteiger partial charge >= 0.3 is 140 Å². The second-order valence-electron chi connectivity index (χ2n) is 6.28. The second kappa shape index (κ2) is 6.86. The van der Waals surface area contributed by atoms with Crippen LogP contribution in [0, 0.1) is 0 Å². The second-order valence-corrected chi connectivity index (χ2v) is 12.8. The van der Waals surface area contributed by atoms with E-state index in [1.54, 1.807) is 0 Å². The van der Waals surface area contributed by atoms with Crippen molar-refractivity contribution in [1.82, 2.24) is 14.0 Å². The monoisotopic (exact) mass is 344 g/mol. The predicted octanol–water partition coefficient (Wildman–Crippen LogP) is 3.86. The molecule has 1 aromatic carbocycles. The van der Waals surface area contributed by atoms with Crippen molar-refractivity contribution in [2.75, 3.05) is 61.3 Å². The summed E-state index contributed by atoms with van der Waals surface area (Å²) in [6, 6.07) is 8.46. The zero-order valence-corrected chi connectivity index (χ0v) is 16.7. The van der Waals surface area contributed by atoms with Gasteiger partial charge in [-0.15, -0.1) is 0 Å². The van der Waals surface area contributed by atoms with E-state index in [0.29, 0.717) is 0 Å². The maximum absolute atomic E-state index is 7.25. The maximum atomic E-state index is 7.25. The van der Waals surface area contributed by atoms with Crippen molar-refractivity contribution >= 4 is 29.4 Å². The van der Waals surface area contributed by atoms with Crippen LogP contribution in [0.1, 0.15) is 5.56 Å². The van der Waals surface area contributed by atoms with Gasteiger partial charge in [-0.1, -0.05) is 0 Å². The van der Waals surface area contributed by atoms with Gasteiger partial charge in [0.25, 0.3) is 0 Å². The Morgan fingerprint density at radius 1 is 0.773 bits per heavy atom. The van der Waals surface area contributed by atoms with Gasteiger partial charge in [0, 0.05) is 0 Å². The van der Waals surface area contributed by atoms with Crippen LogP contribution in [0.4, 0.5) is 5.69 Å². The summed E-state index contributed by atoms with van der Waals surface area (Å²) in [7, 11) is 16.3. The fourth-order valence-corrected chi connectivity index (χ4v) is 6.12. The van der Waals surface area contributed by atoms with Crippen LogP contribution in [-0.2, 0) is 0 Å². The minimum atomic E-state index is -2.96. The van der Waals surface area contributed by atoms with Crippen molar-refractivity contribution in [2.24, 2.45) is 0 Å². The van der Waals surface area contributed by atoms with Gasteiger partial charge in [0.2, 0.25) is 0 Å². The molecule has 126 valence electrons. The number of halogens is 1. The Labute approximate surface area is 140 Å². The van der Waals surface area contributed by atoms with Crippen molar-refractivity contribution < 1.29 is 0 Å². The summed E-state index contributed by atoms with van der Waals surface area (Å²) < 4.78 is 6.37. The zero-order chi connectivity index (χ0) is 17.2. The van der Waals surface area contributed by atoms with Crippen LogP contribution in [0.5, 0.6) is 0 Å². The molecule has 0 radical (unpaired) electrons. The molecule has 22 heavy (non-hydrogen) atoms. The Bertz CT molecular complexity index is 499. The van der Waals surface area contributed by atoms with Gasteiger partial charge in [0.05, 0.1) is 0 Å². The number of benzene rings is 1. The van der Waals surface area contributed by atoms with Crippen LogP contribution < -0.4 is 4.90 Å². The van der Waals surface area contributed by atoms with E-state index in [0.717, 1.165) is 5.56 Å². The van der Waals surface area contributed by atoms with Gasteiger partial charge in [-0.25, -0.2) is 0 Å². The minimum absolute atomic E-state index is 1.14. The molecule has 0 saturated carbocycles. The van der Waals surface area contributed by atoms with E-state index in [2.05, 4.69) is 55.1 Å². The number of anilines is 1. The molecular weight excluding hydrogens is 315 g/mol. The quantitative estimate of drug-likeness (QED) is 0.726. The van der Waals surface area contributed by atoms with Crippen LogP contribution in [-0.4, -0.2) is 70.4 Å². The number of hydrogen-bond acceptors (Lipinski definition) is 4. The Morgan fingerprint density at radius 2 is 1.18 bits per heavy atom. The van der Waals surface area contributed by atoms with Crippen molar-refractivity contribution in [3.63, 3.8) is 0 Å². The Kier molecular flexibility index (Phi) is 6.05. The SMILES string of the molecule is CN(C)c1ccc(/C=C/P(Cl)(N(C)C)(N(C)C)N(C)C)cc1. The van der Waals surface area contributed by atoms with E-state index >= 15 is 0 Å². The van der Waals surface area contributed by atoms with E-state index in [9.17, 15) is 0 Å². The van der Waals surface area contributed by atoms with E-state index in [-0.39, 0.29) is 0 Å². The zero-order valence-electron chi connectivity index (χ0n) is 15.1. The summed E-state index contributed by atoms with van der Waals surface area (Å²) in [6.45, 7) is 0. The molecule has 0 saturated heterocycles. The Hall–Kier alpha value is -0.640. The molecular formula is C16H30ClN4P. The summed E-state index contributed by atoms with van der Waals surface area (Å²) in [5, 5.41) is 0. The van der Waals surface area contributed by atoms with Crippen LogP contribution in [0.25, 0.3) is 6.08 Å². The molecule has 0 aliphatic rings. The molecule has 0 spiro atoms. The average molecular weight is 345 g/mol. The standard InChI is InChI=1S/C16H30ClN4P/c1-18(2)16-11-9-15(10-12-16)13-14-22(17,19(3)4,20(5)6)21(7)8/h9-14H,1-8H3/b14-13+. The summed E-state index contributed by atoms with van der Waals surface area (Å²) >= 11 is 7.25. The van der Waals surface area contributed by atoms with Gasteiger partial charge < -0.3 is 0 Å². The van der Waals surface area contributed by atoms with E-state index in [4.69, 9.17) is 11.2 Å². The van der Waals surface area contributed by atoms with Crippen molar-refractivity contribution in [3.05, 3.63) is 35.6 Å². The van der Waals surface area contributed by atoms with E-state index in [1.165, 1.54) is 5.69 Å². The van der Waals surface area contributed by atoms with Gasteiger partial charge in [-0.2, -0.15) is 0 Å². The molecule has 0 fully saturated rings. The normalized spacial score (nSPS) is 14.8. The van der Waals surface area contributed by atoms with Crippen molar-refractivity contribution in [3.8, 4) is 0 Å². The molecule has 4 nitrogen and oxygen atoms in total. The first-order valence-electron chi connectivity index (χ1n) is 7.27. The first kappa shape index (κ1) is 19.4. The Morgan fingerprint density at radius 3 is 1.50 bits per heavy atom. The first-order valence-corrected chi connectivity index (χ1v) is 10.3. The molecule has 0 aliphatic heterocycles. The molecule has 0 aromatic heterocycles. The van der Waals surface area contributed by atoms with Crippen LogP contribution in [0.3, 0.4) is 0 Å². The molecule has 0 aliphatic carbocycles. The third-order valence-corrected chi connectivity index (χ3v) is 12.3. The summed E-state index contributed by atoms with van der Waals surface area (Å²) in [4.78, 5) is 2.09. The number of nitrogens with zero attached hydrogens (tertiary/aromatic N) is 4. The van der Waals surface area contributed by atoms with Crippen LogP contribution in [0.15, 0.2) is 30.1 Å². The number of rotatable bonds is 6. The molecule has 0 N–H and O–H groups in total. The third kappa shape index (κ3) is 3.32. The Balaban J connectivity index is 3.25. The third-order valence-electron chi connectivity index (χ3n) is 4.15. The molecule has 0 amide bonds. The van der Waals surface area contributed by atoms with Crippen LogP contribution >= 0.6 is 17.6 Å². The first-order chi connectivity index (χ1) is 10.0. The molecule has 6 heteroatoms. The molecule has 0 unspecified atom stereocenters.